The maximum Gasteiger partial charge on any atom is 0.317 e. The highest BCUT2D eigenvalue weighted by Gasteiger charge is 2.34. The minimum absolute atomic E-state index is 0.0664. The first-order valence-corrected chi connectivity index (χ1v) is 11.3. The SMILES string of the molecule is C[C@H](CO)N1C[C@H](C)[C@@H](CN(C)C(=O)NC2CCCC2)Oc2ncc(Br)cc2C1=O. The number of hydrogen-bond acceptors (Lipinski definition) is 5. The van der Waals surface area contributed by atoms with Gasteiger partial charge < -0.3 is 25.0 Å². The Hall–Kier alpha value is -1.87. The highest BCUT2D eigenvalue weighted by Crippen LogP contribution is 2.28. The number of aliphatic hydroxyl groups is 1. The molecule has 1 aromatic rings. The number of nitrogens with zero attached hydrogens (tertiary/aromatic N) is 3. The molecule has 0 radical (unpaired) electrons. The standard InChI is InChI=1S/C21H31BrN4O4/c1-13-10-26(14(2)12-27)20(28)17-8-15(22)9-23-19(17)30-18(13)11-25(3)21(29)24-16-6-4-5-7-16/h8-9,13-14,16,18,27H,4-7,10-12H2,1-3H3,(H,24,29)/t13-,14+,18+/m0/s1. The Kier molecular flexibility index (Phi) is 7.57. The van der Waals surface area contributed by atoms with Crippen LogP contribution in [0.4, 0.5) is 4.79 Å². The lowest BCUT2D eigenvalue weighted by molar-refractivity contribution is 0.0351. The summed E-state index contributed by atoms with van der Waals surface area (Å²) in [5, 5.41) is 12.8. The van der Waals surface area contributed by atoms with Crippen LogP contribution < -0.4 is 10.1 Å². The molecule has 3 amide bonds. The molecule has 1 fully saturated rings. The molecule has 0 bridgehead atoms. The number of aliphatic hydroxyl groups excluding tert-OH is 1. The van der Waals surface area contributed by atoms with Gasteiger partial charge in [0.15, 0.2) is 0 Å². The molecule has 0 unspecified atom stereocenters. The van der Waals surface area contributed by atoms with Crippen molar-refractivity contribution in [2.45, 2.75) is 57.7 Å². The van der Waals surface area contributed by atoms with Gasteiger partial charge in [-0.3, -0.25) is 4.79 Å². The predicted molar refractivity (Wildman–Crippen MR) is 117 cm³/mol. The molecule has 0 saturated heterocycles. The van der Waals surface area contributed by atoms with Crippen LogP contribution in [0, 0.1) is 5.92 Å². The van der Waals surface area contributed by atoms with Crippen LogP contribution in [0.3, 0.4) is 0 Å². The first-order chi connectivity index (χ1) is 14.3. The number of amides is 3. The molecule has 30 heavy (non-hydrogen) atoms. The van der Waals surface area contributed by atoms with Gasteiger partial charge in [0, 0.05) is 36.2 Å². The molecule has 9 heteroatoms. The predicted octanol–water partition coefficient (Wildman–Crippen LogP) is 2.65. The van der Waals surface area contributed by atoms with Gasteiger partial charge in [-0.05, 0) is 41.8 Å². The quantitative estimate of drug-likeness (QED) is 0.672. The van der Waals surface area contributed by atoms with Crippen molar-refractivity contribution in [1.82, 2.24) is 20.1 Å². The van der Waals surface area contributed by atoms with E-state index in [9.17, 15) is 14.7 Å². The van der Waals surface area contributed by atoms with Gasteiger partial charge >= 0.3 is 6.03 Å². The smallest absolute Gasteiger partial charge is 0.317 e. The number of pyridine rings is 1. The van der Waals surface area contributed by atoms with Gasteiger partial charge in [-0.25, -0.2) is 9.78 Å². The number of ether oxygens (including phenoxy) is 1. The summed E-state index contributed by atoms with van der Waals surface area (Å²) in [6, 6.07) is 1.48. The second-order valence-corrected chi connectivity index (χ2v) is 9.36. The van der Waals surface area contributed by atoms with E-state index >= 15 is 0 Å². The van der Waals surface area contributed by atoms with Crippen LogP contribution in [-0.2, 0) is 0 Å². The summed E-state index contributed by atoms with van der Waals surface area (Å²) in [5.41, 5.74) is 0.347. The van der Waals surface area contributed by atoms with Crippen molar-refractivity contribution < 1.29 is 19.4 Å². The first kappa shape index (κ1) is 22.8. The molecule has 8 nitrogen and oxygen atoms in total. The van der Waals surface area contributed by atoms with E-state index in [-0.39, 0.29) is 48.5 Å². The van der Waals surface area contributed by atoms with Crippen molar-refractivity contribution in [2.24, 2.45) is 5.92 Å². The molecule has 3 rings (SSSR count). The van der Waals surface area contributed by atoms with Crippen molar-refractivity contribution in [3.8, 4) is 5.88 Å². The van der Waals surface area contributed by atoms with Crippen molar-refractivity contribution >= 4 is 27.9 Å². The molecule has 0 spiro atoms. The maximum atomic E-state index is 13.1. The number of likely N-dealkylation sites (N-methyl/N-ethyl adjacent to an activating group) is 1. The molecule has 1 aliphatic heterocycles. The zero-order valence-electron chi connectivity index (χ0n) is 17.8. The van der Waals surface area contributed by atoms with E-state index in [0.29, 0.717) is 23.1 Å². The van der Waals surface area contributed by atoms with Crippen LogP contribution in [0.5, 0.6) is 5.88 Å². The fraction of sp³-hybridized carbons (Fsp3) is 0.667. The van der Waals surface area contributed by atoms with Gasteiger partial charge in [-0.1, -0.05) is 19.8 Å². The number of urea groups is 1. The number of rotatable bonds is 5. The number of carbonyl (C=O) groups is 2. The summed E-state index contributed by atoms with van der Waals surface area (Å²) in [5.74, 6) is -0.0410. The summed E-state index contributed by atoms with van der Waals surface area (Å²) in [7, 11) is 1.76. The van der Waals surface area contributed by atoms with Gasteiger partial charge in [-0.15, -0.1) is 0 Å². The maximum absolute atomic E-state index is 13.1. The molecule has 2 N–H and O–H groups in total. The number of carbonyl (C=O) groups excluding carboxylic acids is 2. The van der Waals surface area contributed by atoms with Gasteiger partial charge in [-0.2, -0.15) is 0 Å². The molecule has 2 aliphatic rings. The van der Waals surface area contributed by atoms with E-state index < -0.39 is 0 Å². The number of hydrogen-bond donors (Lipinski definition) is 2. The number of aromatic nitrogens is 1. The Morgan fingerprint density at radius 3 is 2.83 bits per heavy atom. The normalized spacial score (nSPS) is 23.2. The van der Waals surface area contributed by atoms with Crippen LogP contribution >= 0.6 is 15.9 Å². The lowest BCUT2D eigenvalue weighted by Crippen LogP contribution is -2.52. The fourth-order valence-corrected chi connectivity index (χ4v) is 4.33. The van der Waals surface area contributed by atoms with Gasteiger partial charge in [0.05, 0.1) is 19.2 Å². The van der Waals surface area contributed by atoms with Crippen LogP contribution in [0.25, 0.3) is 0 Å². The van der Waals surface area contributed by atoms with Gasteiger partial charge in [0.1, 0.15) is 11.7 Å². The van der Waals surface area contributed by atoms with E-state index in [2.05, 4.69) is 26.2 Å². The van der Waals surface area contributed by atoms with Crippen LogP contribution in [-0.4, -0.2) is 76.8 Å². The molecule has 3 atom stereocenters. The average Bonchev–Trinajstić information content (AvgIpc) is 3.23. The summed E-state index contributed by atoms with van der Waals surface area (Å²) in [6.07, 6.45) is 5.60. The highest BCUT2D eigenvalue weighted by molar-refractivity contribution is 9.10. The second kappa shape index (κ2) is 9.96. The Balaban J connectivity index is 1.80. The minimum Gasteiger partial charge on any atom is -0.472 e. The molecular formula is C21H31BrN4O4. The molecule has 1 aromatic heterocycles. The Labute approximate surface area is 186 Å². The number of fused-ring (bicyclic) bond motifs is 1. The van der Waals surface area contributed by atoms with Crippen molar-refractivity contribution in [2.75, 3.05) is 26.7 Å². The monoisotopic (exact) mass is 482 g/mol. The van der Waals surface area contributed by atoms with Crippen molar-refractivity contribution in [1.29, 1.82) is 0 Å². The molecular weight excluding hydrogens is 452 g/mol. The lowest BCUT2D eigenvalue weighted by Gasteiger charge is -2.37. The topological polar surface area (TPSA) is 95.0 Å². The fourth-order valence-electron chi connectivity index (χ4n) is 4.00. The highest BCUT2D eigenvalue weighted by atomic mass is 79.9. The van der Waals surface area contributed by atoms with E-state index in [0.717, 1.165) is 25.7 Å². The van der Waals surface area contributed by atoms with Gasteiger partial charge in [0.25, 0.3) is 5.91 Å². The Morgan fingerprint density at radius 1 is 1.47 bits per heavy atom. The molecule has 0 aromatic carbocycles. The first-order valence-electron chi connectivity index (χ1n) is 10.6. The largest absolute Gasteiger partial charge is 0.472 e. The molecule has 1 aliphatic carbocycles. The minimum atomic E-state index is -0.349. The zero-order valence-corrected chi connectivity index (χ0v) is 19.4. The van der Waals surface area contributed by atoms with Crippen LogP contribution in [0.15, 0.2) is 16.7 Å². The summed E-state index contributed by atoms with van der Waals surface area (Å²) < 4.78 is 6.84. The van der Waals surface area contributed by atoms with Crippen molar-refractivity contribution in [3.63, 3.8) is 0 Å². The molecule has 1 saturated carbocycles. The third kappa shape index (κ3) is 5.24. The summed E-state index contributed by atoms with van der Waals surface area (Å²) in [6.45, 7) is 4.45. The van der Waals surface area contributed by atoms with Crippen LogP contribution in [0.2, 0.25) is 0 Å². The van der Waals surface area contributed by atoms with E-state index in [1.54, 1.807) is 29.1 Å². The van der Waals surface area contributed by atoms with E-state index in [4.69, 9.17) is 4.74 Å². The Morgan fingerprint density at radius 2 is 2.17 bits per heavy atom. The summed E-state index contributed by atoms with van der Waals surface area (Å²) in [4.78, 5) is 33.4. The summed E-state index contributed by atoms with van der Waals surface area (Å²) >= 11 is 3.37. The second-order valence-electron chi connectivity index (χ2n) is 8.44. The lowest BCUT2D eigenvalue weighted by atomic mass is 10.0. The molecule has 2 heterocycles. The van der Waals surface area contributed by atoms with E-state index in [1.807, 2.05) is 13.8 Å². The third-order valence-electron chi connectivity index (χ3n) is 5.97. The van der Waals surface area contributed by atoms with Crippen LogP contribution in [0.1, 0.15) is 49.9 Å². The van der Waals surface area contributed by atoms with Gasteiger partial charge in [0.2, 0.25) is 5.88 Å². The number of halogens is 1. The number of nitrogens with one attached hydrogen (secondary N) is 1. The molecule has 166 valence electrons. The zero-order chi connectivity index (χ0) is 21.8. The third-order valence-corrected chi connectivity index (χ3v) is 6.40. The van der Waals surface area contributed by atoms with E-state index in [1.165, 1.54) is 0 Å². The van der Waals surface area contributed by atoms with Crippen molar-refractivity contribution in [3.05, 3.63) is 22.3 Å². The average molecular weight is 483 g/mol. The Bertz CT molecular complexity index is 771.